The van der Waals surface area contributed by atoms with Crippen LogP contribution >= 0.6 is 0 Å². The van der Waals surface area contributed by atoms with E-state index in [0.717, 1.165) is 30.5 Å². The molecule has 0 spiro atoms. The highest BCUT2D eigenvalue weighted by Gasteiger charge is 2.49. The molecule has 1 saturated carbocycles. The topological polar surface area (TPSA) is 55.3 Å². The lowest BCUT2D eigenvalue weighted by Gasteiger charge is -2.55. The van der Waals surface area contributed by atoms with Crippen LogP contribution in [0.1, 0.15) is 40.7 Å². The molecule has 9 heteroatoms. The molecule has 2 bridgehead atoms. The monoisotopic (exact) mass is 499 g/mol. The molecular weight excluding hydrogens is 474 g/mol. The van der Waals surface area contributed by atoms with Crippen molar-refractivity contribution in [1.82, 2.24) is 9.97 Å². The summed E-state index contributed by atoms with van der Waals surface area (Å²) in [6.07, 6.45) is 0.387. The number of piperidine rings is 2. The molecule has 2 aliphatic heterocycles. The van der Waals surface area contributed by atoms with Crippen molar-refractivity contribution in [3.05, 3.63) is 71.5 Å². The summed E-state index contributed by atoms with van der Waals surface area (Å²) in [5.74, 6) is 0.0598. The number of rotatable bonds is 6. The number of aromatic nitrogens is 2. The third-order valence-electron chi connectivity index (χ3n) is 7.30. The normalized spacial score (nSPS) is 23.5. The van der Waals surface area contributed by atoms with Crippen LogP contribution < -0.4 is 9.64 Å². The lowest BCUT2D eigenvalue weighted by Crippen LogP contribution is -2.63. The van der Waals surface area contributed by atoms with E-state index < -0.39 is 30.6 Å². The number of benzene rings is 1. The van der Waals surface area contributed by atoms with Gasteiger partial charge in [-0.3, -0.25) is 9.78 Å². The fourth-order valence-electron chi connectivity index (χ4n) is 5.65. The molecule has 5 nitrogen and oxygen atoms in total. The second-order valence-corrected chi connectivity index (χ2v) is 9.33. The molecule has 3 aromatic rings. The fraction of sp³-hybridized carbons (Fsp3) is 0.370. The van der Waals surface area contributed by atoms with Crippen LogP contribution in [0.4, 0.5) is 23.2 Å². The second kappa shape index (κ2) is 9.52. The van der Waals surface area contributed by atoms with E-state index in [9.17, 15) is 22.4 Å². The maximum Gasteiger partial charge on any atom is 0.417 e. The van der Waals surface area contributed by atoms with Gasteiger partial charge in [0.25, 0.3) is 0 Å². The van der Waals surface area contributed by atoms with Crippen LogP contribution in [0.25, 0.3) is 11.3 Å². The zero-order chi connectivity index (χ0) is 25.4. The summed E-state index contributed by atoms with van der Waals surface area (Å²) >= 11 is 0. The highest BCUT2D eigenvalue weighted by molar-refractivity contribution is 5.95. The van der Waals surface area contributed by atoms with Gasteiger partial charge in [-0.2, -0.15) is 13.2 Å². The lowest BCUT2D eigenvalue weighted by atomic mass is 9.72. The van der Waals surface area contributed by atoms with Crippen molar-refractivity contribution >= 4 is 12.0 Å². The Kier molecular flexibility index (Phi) is 6.40. The lowest BCUT2D eigenvalue weighted by molar-refractivity contribution is -0.137. The number of nitrogens with zero attached hydrogens (tertiary/aromatic N) is 3. The molecule has 188 valence electrons. The summed E-state index contributed by atoms with van der Waals surface area (Å²) in [6, 6.07) is 10.7. The Morgan fingerprint density at radius 3 is 2.58 bits per heavy atom. The third kappa shape index (κ3) is 4.31. The SMILES string of the molecule is Cc1ccc(N2[C@H](CF)[C@@H]3CC[C@H]2[C@H](Oc2ccc(C(F)(F)F)cn2)C3)c(C=O)c1-c1ccccn1. The van der Waals surface area contributed by atoms with Gasteiger partial charge in [-0.15, -0.1) is 0 Å². The highest BCUT2D eigenvalue weighted by atomic mass is 19.4. The van der Waals surface area contributed by atoms with Gasteiger partial charge in [0.05, 0.1) is 23.3 Å². The number of carbonyl (C=O) groups excluding carboxylic acids is 1. The Bertz CT molecular complexity index is 1230. The van der Waals surface area contributed by atoms with Gasteiger partial charge in [-0.05, 0) is 61.9 Å². The minimum Gasteiger partial charge on any atom is -0.472 e. The molecule has 4 atom stereocenters. The van der Waals surface area contributed by atoms with Gasteiger partial charge in [-0.1, -0.05) is 12.1 Å². The molecule has 36 heavy (non-hydrogen) atoms. The van der Waals surface area contributed by atoms with Gasteiger partial charge in [-0.25, -0.2) is 9.37 Å². The highest BCUT2D eigenvalue weighted by Crippen LogP contribution is 2.46. The number of hydrogen-bond acceptors (Lipinski definition) is 5. The summed E-state index contributed by atoms with van der Waals surface area (Å²) in [6.45, 7) is 1.31. The first-order chi connectivity index (χ1) is 17.3. The largest absolute Gasteiger partial charge is 0.472 e. The van der Waals surface area contributed by atoms with Crippen molar-refractivity contribution in [2.75, 3.05) is 11.6 Å². The Labute approximate surface area is 206 Å². The molecule has 3 aliphatic rings. The third-order valence-corrected chi connectivity index (χ3v) is 7.30. The van der Waals surface area contributed by atoms with Crippen LogP contribution in [-0.4, -0.2) is 41.1 Å². The minimum absolute atomic E-state index is 0.0291. The molecule has 0 radical (unpaired) electrons. The molecule has 0 amide bonds. The Balaban J connectivity index is 1.51. The smallest absolute Gasteiger partial charge is 0.417 e. The average Bonchev–Trinajstić information content (AvgIpc) is 2.88. The molecule has 0 unspecified atom stereocenters. The summed E-state index contributed by atoms with van der Waals surface area (Å²) in [5.41, 5.74) is 2.42. The molecule has 3 fully saturated rings. The Morgan fingerprint density at radius 1 is 1.11 bits per heavy atom. The van der Waals surface area contributed by atoms with Crippen LogP contribution in [0.2, 0.25) is 0 Å². The molecular formula is C27H25F4N3O2. The predicted molar refractivity (Wildman–Crippen MR) is 127 cm³/mol. The molecule has 4 heterocycles. The van der Waals surface area contributed by atoms with Crippen molar-refractivity contribution in [3.63, 3.8) is 0 Å². The number of ether oxygens (including phenoxy) is 1. The number of hydrogen-bond donors (Lipinski definition) is 0. The van der Waals surface area contributed by atoms with E-state index in [1.165, 1.54) is 6.07 Å². The number of fused-ring (bicyclic) bond motifs is 3. The molecule has 1 aromatic carbocycles. The van der Waals surface area contributed by atoms with Crippen LogP contribution in [0.5, 0.6) is 5.88 Å². The van der Waals surface area contributed by atoms with E-state index in [2.05, 4.69) is 9.97 Å². The number of alkyl halides is 4. The van der Waals surface area contributed by atoms with E-state index in [-0.39, 0.29) is 17.8 Å². The number of pyridine rings is 2. The van der Waals surface area contributed by atoms with Gasteiger partial charge in [0, 0.05) is 35.3 Å². The molecule has 1 aliphatic carbocycles. The fourth-order valence-corrected chi connectivity index (χ4v) is 5.65. The summed E-state index contributed by atoms with van der Waals surface area (Å²) < 4.78 is 59.3. The standard InChI is InChI=1S/C27H25F4N3O2/c1-16-5-8-21(19(15-35)26(16)20-4-2-3-11-32-20)34-22-9-6-17(23(34)13-28)12-24(22)36-25-10-7-18(14-33-25)27(29,30)31/h2-5,7-8,10-11,14-15,17,22-24H,6,9,12-13H2,1H3/t17-,22+,23-,24-/m1/s1. The number of aryl methyl sites for hydroxylation is 1. The quantitative estimate of drug-likeness (QED) is 0.305. The van der Waals surface area contributed by atoms with E-state index in [4.69, 9.17) is 4.74 Å². The van der Waals surface area contributed by atoms with E-state index in [1.54, 1.807) is 12.3 Å². The van der Waals surface area contributed by atoms with Crippen molar-refractivity contribution in [2.45, 2.75) is 50.6 Å². The second-order valence-electron chi connectivity index (χ2n) is 9.33. The van der Waals surface area contributed by atoms with Crippen molar-refractivity contribution in [3.8, 4) is 17.1 Å². The summed E-state index contributed by atoms with van der Waals surface area (Å²) in [7, 11) is 0. The molecule has 2 saturated heterocycles. The number of aldehydes is 1. The van der Waals surface area contributed by atoms with Gasteiger partial charge in [0.1, 0.15) is 12.8 Å². The van der Waals surface area contributed by atoms with Crippen LogP contribution in [0, 0.1) is 12.8 Å². The van der Waals surface area contributed by atoms with Crippen molar-refractivity contribution in [1.29, 1.82) is 0 Å². The summed E-state index contributed by atoms with van der Waals surface area (Å²) in [4.78, 5) is 22.7. The van der Waals surface area contributed by atoms with Crippen molar-refractivity contribution < 1.29 is 27.1 Å². The zero-order valence-electron chi connectivity index (χ0n) is 19.6. The number of anilines is 1. The number of halogens is 4. The maximum atomic E-state index is 14.4. The Morgan fingerprint density at radius 2 is 1.94 bits per heavy atom. The Hall–Kier alpha value is -3.49. The van der Waals surface area contributed by atoms with Crippen LogP contribution in [-0.2, 0) is 6.18 Å². The first-order valence-electron chi connectivity index (χ1n) is 11.9. The van der Waals surface area contributed by atoms with Crippen LogP contribution in [0.3, 0.4) is 0 Å². The van der Waals surface area contributed by atoms with Gasteiger partial charge >= 0.3 is 6.18 Å². The predicted octanol–water partition coefficient (Wildman–Crippen LogP) is 6.06. The van der Waals surface area contributed by atoms with Gasteiger partial charge in [0.15, 0.2) is 6.29 Å². The average molecular weight is 500 g/mol. The zero-order valence-corrected chi connectivity index (χ0v) is 19.6. The van der Waals surface area contributed by atoms with Gasteiger partial charge in [0.2, 0.25) is 5.88 Å². The maximum absolute atomic E-state index is 14.4. The number of carbonyl (C=O) groups is 1. The van der Waals surface area contributed by atoms with Crippen LogP contribution in [0.15, 0.2) is 54.9 Å². The van der Waals surface area contributed by atoms with Gasteiger partial charge < -0.3 is 9.64 Å². The van der Waals surface area contributed by atoms with E-state index >= 15 is 0 Å². The molecule has 6 rings (SSSR count). The minimum atomic E-state index is -4.48. The molecule has 0 N–H and O–H groups in total. The first kappa shape index (κ1) is 24.2. The van der Waals surface area contributed by atoms with E-state index in [0.29, 0.717) is 35.3 Å². The molecule has 2 aromatic heterocycles. The summed E-state index contributed by atoms with van der Waals surface area (Å²) in [5, 5.41) is 0. The van der Waals surface area contributed by atoms with Crippen molar-refractivity contribution in [2.24, 2.45) is 5.92 Å². The van der Waals surface area contributed by atoms with E-state index in [1.807, 2.05) is 36.1 Å². The first-order valence-corrected chi connectivity index (χ1v) is 11.9.